The summed E-state index contributed by atoms with van der Waals surface area (Å²) < 4.78 is 10.9. The van der Waals surface area contributed by atoms with Gasteiger partial charge < -0.3 is 20.1 Å². The van der Waals surface area contributed by atoms with Crippen LogP contribution in [0.1, 0.15) is 31.7 Å². The van der Waals surface area contributed by atoms with Gasteiger partial charge in [-0.15, -0.1) is 0 Å². The number of carbonyl (C=O) groups is 1. The van der Waals surface area contributed by atoms with Crippen LogP contribution in [0.2, 0.25) is 0 Å². The number of hydrogen-bond acceptors (Lipinski definition) is 4. The number of benzene rings is 1. The van der Waals surface area contributed by atoms with Gasteiger partial charge in [0.1, 0.15) is 11.5 Å². The number of amides is 1. The van der Waals surface area contributed by atoms with Crippen LogP contribution in [0.3, 0.4) is 0 Å². The van der Waals surface area contributed by atoms with Gasteiger partial charge in [-0.3, -0.25) is 4.79 Å². The van der Waals surface area contributed by atoms with E-state index in [9.17, 15) is 4.79 Å². The Labute approximate surface area is 126 Å². The fourth-order valence-electron chi connectivity index (χ4n) is 2.00. The molecule has 1 aliphatic rings. The summed E-state index contributed by atoms with van der Waals surface area (Å²) in [4.78, 5) is 11.7. The van der Waals surface area contributed by atoms with Crippen molar-refractivity contribution in [2.45, 2.75) is 38.8 Å². The number of carbonyl (C=O) groups excluding carboxylic acids is 1. The number of hydrogen-bond donors (Lipinski definition) is 2. The molecule has 21 heavy (non-hydrogen) atoms. The lowest BCUT2D eigenvalue weighted by Crippen LogP contribution is -2.30. The average molecular weight is 292 g/mol. The van der Waals surface area contributed by atoms with Gasteiger partial charge in [0.2, 0.25) is 0 Å². The van der Waals surface area contributed by atoms with Crippen molar-refractivity contribution in [2.24, 2.45) is 0 Å². The second-order valence-corrected chi connectivity index (χ2v) is 5.28. The Morgan fingerprint density at radius 3 is 2.86 bits per heavy atom. The van der Waals surface area contributed by atoms with Gasteiger partial charge in [-0.05, 0) is 44.0 Å². The van der Waals surface area contributed by atoms with Crippen molar-refractivity contribution in [3.8, 4) is 11.5 Å². The minimum Gasteiger partial charge on any atom is -0.497 e. The summed E-state index contributed by atoms with van der Waals surface area (Å²) in [5.41, 5.74) is 1.00. The quantitative estimate of drug-likeness (QED) is 0.682. The maximum Gasteiger partial charge on any atom is 0.258 e. The van der Waals surface area contributed by atoms with Crippen LogP contribution < -0.4 is 20.1 Å². The highest BCUT2D eigenvalue weighted by Crippen LogP contribution is 2.24. The molecule has 5 nitrogen and oxygen atoms in total. The lowest BCUT2D eigenvalue weighted by molar-refractivity contribution is -0.123. The van der Waals surface area contributed by atoms with Gasteiger partial charge in [-0.2, -0.15) is 0 Å². The predicted octanol–water partition coefficient (Wildman–Crippen LogP) is 1.85. The molecule has 1 aliphatic carbocycles. The molecule has 1 aromatic carbocycles. The first kappa shape index (κ1) is 15.6. The Bertz CT molecular complexity index is 473. The van der Waals surface area contributed by atoms with Crippen LogP contribution in [0.5, 0.6) is 11.5 Å². The molecule has 0 spiro atoms. The van der Waals surface area contributed by atoms with Gasteiger partial charge in [-0.25, -0.2) is 0 Å². The van der Waals surface area contributed by atoms with Crippen LogP contribution >= 0.6 is 0 Å². The Morgan fingerprint density at radius 2 is 2.19 bits per heavy atom. The van der Waals surface area contributed by atoms with Crippen molar-refractivity contribution < 1.29 is 14.3 Å². The lowest BCUT2D eigenvalue weighted by atomic mass is 10.2. The average Bonchev–Trinajstić information content (AvgIpc) is 3.30. The maximum atomic E-state index is 11.7. The summed E-state index contributed by atoms with van der Waals surface area (Å²) in [5, 5.41) is 6.25. The van der Waals surface area contributed by atoms with E-state index in [4.69, 9.17) is 9.47 Å². The van der Waals surface area contributed by atoms with Crippen molar-refractivity contribution >= 4 is 5.91 Å². The highest BCUT2D eigenvalue weighted by Gasteiger charge is 2.23. The van der Waals surface area contributed by atoms with Gasteiger partial charge in [0.25, 0.3) is 5.91 Å². The smallest absolute Gasteiger partial charge is 0.258 e. The summed E-state index contributed by atoms with van der Waals surface area (Å²) >= 11 is 0. The summed E-state index contributed by atoms with van der Waals surface area (Å²) in [6, 6.07) is 6.00. The summed E-state index contributed by atoms with van der Waals surface area (Å²) in [5.74, 6) is 1.46. The van der Waals surface area contributed by atoms with Crippen molar-refractivity contribution in [3.63, 3.8) is 0 Å². The van der Waals surface area contributed by atoms with Crippen molar-refractivity contribution in [1.29, 1.82) is 0 Å². The molecule has 1 aromatic rings. The fraction of sp³-hybridized carbons (Fsp3) is 0.562. The van der Waals surface area contributed by atoms with Gasteiger partial charge in [0, 0.05) is 18.2 Å². The topological polar surface area (TPSA) is 59.6 Å². The standard InChI is InChI=1S/C16H24N2O3/c1-3-8-17-10-12-9-14(20-2)6-7-15(12)21-11-16(19)18-13-4-5-13/h6-7,9,13,17H,3-5,8,10-11H2,1-2H3,(H,18,19). The Balaban J connectivity index is 1.93. The van der Waals surface area contributed by atoms with Crippen molar-refractivity contribution in [3.05, 3.63) is 23.8 Å². The van der Waals surface area contributed by atoms with Crippen LogP contribution in [0.15, 0.2) is 18.2 Å². The third-order valence-electron chi connectivity index (χ3n) is 3.31. The summed E-state index contributed by atoms with van der Waals surface area (Å²) in [6.45, 7) is 3.82. The van der Waals surface area contributed by atoms with Crippen LogP contribution in [0.4, 0.5) is 0 Å². The monoisotopic (exact) mass is 292 g/mol. The zero-order valence-corrected chi connectivity index (χ0v) is 12.8. The molecule has 5 heteroatoms. The first-order chi connectivity index (χ1) is 10.2. The molecular weight excluding hydrogens is 268 g/mol. The molecule has 2 rings (SSSR count). The van der Waals surface area contributed by atoms with E-state index in [1.165, 1.54) is 0 Å². The number of ether oxygens (including phenoxy) is 2. The molecule has 1 amide bonds. The molecule has 0 saturated heterocycles. The minimum atomic E-state index is -0.0548. The summed E-state index contributed by atoms with van der Waals surface area (Å²) in [7, 11) is 1.64. The SMILES string of the molecule is CCCNCc1cc(OC)ccc1OCC(=O)NC1CC1. The normalized spacial score (nSPS) is 13.8. The molecule has 0 aliphatic heterocycles. The van der Waals surface area contributed by atoms with Crippen LogP contribution in [0, 0.1) is 0 Å². The van der Waals surface area contributed by atoms with Gasteiger partial charge >= 0.3 is 0 Å². The van der Waals surface area contributed by atoms with E-state index < -0.39 is 0 Å². The second kappa shape index (κ2) is 7.88. The largest absolute Gasteiger partial charge is 0.497 e. The molecule has 0 atom stereocenters. The molecule has 0 unspecified atom stereocenters. The first-order valence-corrected chi connectivity index (χ1v) is 7.52. The van der Waals surface area contributed by atoms with Gasteiger partial charge in [0.15, 0.2) is 6.61 Å². The first-order valence-electron chi connectivity index (χ1n) is 7.52. The van der Waals surface area contributed by atoms with E-state index in [-0.39, 0.29) is 12.5 Å². The zero-order chi connectivity index (χ0) is 15.1. The highest BCUT2D eigenvalue weighted by molar-refractivity contribution is 5.78. The van der Waals surface area contributed by atoms with E-state index in [1.807, 2.05) is 18.2 Å². The van der Waals surface area contributed by atoms with E-state index in [0.29, 0.717) is 12.6 Å². The highest BCUT2D eigenvalue weighted by atomic mass is 16.5. The minimum absolute atomic E-state index is 0.0548. The third-order valence-corrected chi connectivity index (χ3v) is 3.31. The van der Waals surface area contributed by atoms with E-state index in [2.05, 4.69) is 17.6 Å². The van der Waals surface area contributed by atoms with E-state index in [0.717, 1.165) is 42.9 Å². The van der Waals surface area contributed by atoms with Crippen molar-refractivity contribution in [1.82, 2.24) is 10.6 Å². The molecule has 1 fully saturated rings. The number of methoxy groups -OCH3 is 1. The Kier molecular flexibility index (Phi) is 5.87. The van der Waals surface area contributed by atoms with Gasteiger partial charge in [0.05, 0.1) is 7.11 Å². The number of rotatable bonds is 9. The summed E-state index contributed by atoms with van der Waals surface area (Å²) in [6.07, 6.45) is 3.24. The third kappa shape index (κ3) is 5.27. The van der Waals surface area contributed by atoms with E-state index in [1.54, 1.807) is 7.11 Å². The maximum absolute atomic E-state index is 11.7. The molecule has 116 valence electrons. The molecule has 2 N–H and O–H groups in total. The van der Waals surface area contributed by atoms with Crippen LogP contribution in [-0.2, 0) is 11.3 Å². The molecule has 0 radical (unpaired) electrons. The second-order valence-electron chi connectivity index (χ2n) is 5.28. The predicted molar refractivity (Wildman–Crippen MR) is 81.7 cm³/mol. The lowest BCUT2D eigenvalue weighted by Gasteiger charge is -2.13. The van der Waals surface area contributed by atoms with Crippen LogP contribution in [0.25, 0.3) is 0 Å². The van der Waals surface area contributed by atoms with Crippen LogP contribution in [-0.4, -0.2) is 32.2 Å². The van der Waals surface area contributed by atoms with E-state index >= 15 is 0 Å². The molecule has 0 bridgehead atoms. The fourth-order valence-corrected chi connectivity index (χ4v) is 2.00. The molecule has 1 saturated carbocycles. The molecule has 0 heterocycles. The van der Waals surface area contributed by atoms with Crippen molar-refractivity contribution in [2.75, 3.05) is 20.3 Å². The zero-order valence-electron chi connectivity index (χ0n) is 12.8. The molecular formula is C16H24N2O3. The Morgan fingerprint density at radius 1 is 1.38 bits per heavy atom. The number of nitrogens with one attached hydrogen (secondary N) is 2. The molecule has 0 aromatic heterocycles. The van der Waals surface area contributed by atoms with Gasteiger partial charge in [-0.1, -0.05) is 6.92 Å². The Hall–Kier alpha value is -1.75.